The minimum atomic E-state index is -1.68. The summed E-state index contributed by atoms with van der Waals surface area (Å²) in [7, 11) is 0. The fourth-order valence-corrected chi connectivity index (χ4v) is 3.94. The molecule has 2 aliphatic rings. The summed E-state index contributed by atoms with van der Waals surface area (Å²) in [5.41, 5.74) is 3.51. The van der Waals surface area contributed by atoms with E-state index in [4.69, 9.17) is 15.2 Å². The largest absolute Gasteiger partial charge is 0.394 e. The molecule has 2 aromatic heterocycles. The number of imidazole rings is 1. The highest BCUT2D eigenvalue weighted by Crippen LogP contribution is 2.45. The van der Waals surface area contributed by atoms with Crippen LogP contribution in [0.15, 0.2) is 11.1 Å². The molecule has 0 amide bonds. The van der Waals surface area contributed by atoms with Gasteiger partial charge in [-0.1, -0.05) is 0 Å². The topological polar surface area (TPSA) is 209 Å². The summed E-state index contributed by atoms with van der Waals surface area (Å²) in [4.78, 5) is 22.1. The molecular formula is C15H21N5O8. The Morgan fingerprint density at radius 1 is 1.25 bits per heavy atom. The number of ether oxygens (including phenoxy) is 2. The van der Waals surface area contributed by atoms with Gasteiger partial charge < -0.3 is 40.7 Å². The van der Waals surface area contributed by atoms with Crippen LogP contribution in [0.2, 0.25) is 0 Å². The number of aliphatic hydroxyl groups is 5. The third-order valence-corrected chi connectivity index (χ3v) is 5.31. The monoisotopic (exact) mass is 399 g/mol. The summed E-state index contributed by atoms with van der Waals surface area (Å²) in [6.07, 6.45) is -6.39. The lowest BCUT2D eigenvalue weighted by Gasteiger charge is -2.37. The Kier molecular flexibility index (Phi) is 4.62. The number of nitrogens with one attached hydrogen (secondary N) is 1. The highest BCUT2D eigenvalue weighted by Gasteiger charge is 2.60. The van der Waals surface area contributed by atoms with E-state index < -0.39 is 61.3 Å². The van der Waals surface area contributed by atoms with Crippen LogP contribution in [0.3, 0.4) is 0 Å². The van der Waals surface area contributed by atoms with E-state index in [1.807, 2.05) is 0 Å². The van der Waals surface area contributed by atoms with Crippen LogP contribution >= 0.6 is 0 Å². The van der Waals surface area contributed by atoms with Crippen molar-refractivity contribution in [3.8, 4) is 0 Å². The lowest BCUT2D eigenvalue weighted by molar-refractivity contribution is -0.204. The van der Waals surface area contributed by atoms with E-state index in [0.29, 0.717) is 0 Å². The number of hydrogen-bond acceptors (Lipinski definition) is 11. The van der Waals surface area contributed by atoms with Crippen LogP contribution < -0.4 is 11.4 Å². The van der Waals surface area contributed by atoms with Gasteiger partial charge in [0.15, 0.2) is 11.4 Å². The van der Waals surface area contributed by atoms with Gasteiger partial charge >= 0.3 is 5.69 Å². The lowest BCUT2D eigenvalue weighted by Crippen LogP contribution is -2.51. The summed E-state index contributed by atoms with van der Waals surface area (Å²) in [6.45, 7) is -1.09. The van der Waals surface area contributed by atoms with Gasteiger partial charge in [0.1, 0.15) is 41.9 Å². The molecule has 0 aromatic carbocycles. The van der Waals surface area contributed by atoms with E-state index in [2.05, 4.69) is 15.0 Å². The zero-order chi connectivity index (χ0) is 20.2. The predicted molar refractivity (Wildman–Crippen MR) is 90.9 cm³/mol. The maximum atomic E-state index is 11.8. The van der Waals surface area contributed by atoms with Crippen molar-refractivity contribution in [1.29, 1.82) is 0 Å². The van der Waals surface area contributed by atoms with Crippen molar-refractivity contribution in [2.45, 2.75) is 48.8 Å². The van der Waals surface area contributed by atoms with Crippen molar-refractivity contribution >= 4 is 17.0 Å². The third kappa shape index (κ3) is 2.63. The average Bonchev–Trinajstić information content (AvgIpc) is 3.31. The van der Waals surface area contributed by atoms with Crippen molar-refractivity contribution < 1.29 is 35.0 Å². The van der Waals surface area contributed by atoms with Gasteiger partial charge in [0.2, 0.25) is 0 Å². The molecule has 13 heteroatoms. The third-order valence-electron chi connectivity index (χ3n) is 5.31. The summed E-state index contributed by atoms with van der Waals surface area (Å²) in [6, 6.07) is 0. The van der Waals surface area contributed by atoms with Crippen LogP contribution in [0.4, 0.5) is 5.82 Å². The van der Waals surface area contributed by atoms with E-state index in [1.165, 1.54) is 10.9 Å². The van der Waals surface area contributed by atoms with Crippen LogP contribution in [0.25, 0.3) is 11.2 Å². The van der Waals surface area contributed by atoms with Crippen LogP contribution in [0, 0.1) is 0 Å². The first-order chi connectivity index (χ1) is 13.3. The Bertz CT molecular complexity index is 933. The Hall–Kier alpha value is -2.13. The molecule has 8 N–H and O–H groups in total. The van der Waals surface area contributed by atoms with Crippen LogP contribution in [0.1, 0.15) is 6.42 Å². The molecule has 0 radical (unpaired) electrons. The smallest absolute Gasteiger partial charge is 0.348 e. The first kappa shape index (κ1) is 19.2. The number of hydrogen-bond donors (Lipinski definition) is 7. The average molecular weight is 399 g/mol. The first-order valence-corrected chi connectivity index (χ1v) is 8.65. The number of fused-ring (bicyclic) bond motifs is 1. The fourth-order valence-electron chi connectivity index (χ4n) is 3.94. The normalized spacial score (nSPS) is 38.5. The minimum absolute atomic E-state index is 0.00442. The van der Waals surface area contributed by atoms with Gasteiger partial charge in [0.25, 0.3) is 0 Å². The molecule has 0 aliphatic carbocycles. The van der Waals surface area contributed by atoms with Crippen LogP contribution in [-0.2, 0) is 15.2 Å². The van der Waals surface area contributed by atoms with Crippen molar-refractivity contribution in [3.05, 3.63) is 16.8 Å². The Labute approximate surface area is 157 Å². The number of nitrogens with two attached hydrogens (primary N) is 1. The lowest BCUT2D eigenvalue weighted by atomic mass is 9.94. The number of nitrogen functional groups attached to an aromatic ring is 1. The summed E-state index contributed by atoms with van der Waals surface area (Å²) in [5, 5.41) is 50.0. The second-order valence-corrected chi connectivity index (χ2v) is 6.96. The Morgan fingerprint density at radius 3 is 2.57 bits per heavy atom. The zero-order valence-corrected chi connectivity index (χ0v) is 14.5. The van der Waals surface area contributed by atoms with E-state index in [-0.39, 0.29) is 23.4 Å². The Morgan fingerprint density at radius 2 is 1.96 bits per heavy atom. The molecule has 4 heterocycles. The van der Waals surface area contributed by atoms with Gasteiger partial charge in [0.05, 0.1) is 25.6 Å². The molecule has 2 fully saturated rings. The summed E-state index contributed by atoms with van der Waals surface area (Å²) >= 11 is 0. The zero-order valence-electron chi connectivity index (χ0n) is 14.5. The molecule has 0 saturated carbocycles. The molecule has 4 rings (SSSR count). The molecule has 2 aromatic rings. The molecule has 2 aliphatic heterocycles. The Balaban J connectivity index is 1.90. The van der Waals surface area contributed by atoms with E-state index in [1.54, 1.807) is 0 Å². The molecule has 2 saturated heterocycles. The second-order valence-electron chi connectivity index (χ2n) is 6.96. The first-order valence-electron chi connectivity index (χ1n) is 8.65. The van der Waals surface area contributed by atoms with Gasteiger partial charge in [-0.25, -0.2) is 9.78 Å². The maximum Gasteiger partial charge on any atom is 0.348 e. The number of aromatic nitrogens is 4. The molecule has 3 unspecified atom stereocenters. The number of aliphatic hydroxyl groups excluding tert-OH is 5. The molecule has 0 spiro atoms. The molecule has 154 valence electrons. The quantitative estimate of drug-likeness (QED) is 0.263. The molecule has 0 bridgehead atoms. The molecule has 7 atom stereocenters. The van der Waals surface area contributed by atoms with E-state index >= 15 is 0 Å². The van der Waals surface area contributed by atoms with Crippen molar-refractivity contribution in [3.63, 3.8) is 0 Å². The van der Waals surface area contributed by atoms with Crippen molar-refractivity contribution in [2.24, 2.45) is 0 Å². The SMILES string of the molecule is Nc1[nH]c(=O)nc2c1ncn2C1([C@@H]2O[C@H](CO)[C@@H](O)[C@H]2O)CC(O)C(CO)O1. The van der Waals surface area contributed by atoms with Gasteiger partial charge in [-0.3, -0.25) is 9.55 Å². The maximum absolute atomic E-state index is 11.8. The molecule has 13 nitrogen and oxygen atoms in total. The highest BCUT2D eigenvalue weighted by molar-refractivity contribution is 5.81. The summed E-state index contributed by atoms with van der Waals surface area (Å²) < 4.78 is 12.8. The van der Waals surface area contributed by atoms with Crippen molar-refractivity contribution in [1.82, 2.24) is 19.5 Å². The van der Waals surface area contributed by atoms with Gasteiger partial charge in [0, 0.05) is 6.42 Å². The summed E-state index contributed by atoms with van der Waals surface area (Å²) in [5.74, 6) is -0.0395. The number of aromatic amines is 1. The van der Waals surface area contributed by atoms with E-state index in [9.17, 15) is 30.3 Å². The van der Waals surface area contributed by atoms with Gasteiger partial charge in [-0.2, -0.15) is 4.98 Å². The van der Waals surface area contributed by atoms with Gasteiger partial charge in [-0.15, -0.1) is 0 Å². The van der Waals surface area contributed by atoms with Gasteiger partial charge in [-0.05, 0) is 0 Å². The number of nitrogens with zero attached hydrogens (tertiary/aromatic N) is 3. The highest BCUT2D eigenvalue weighted by atomic mass is 16.6. The van der Waals surface area contributed by atoms with Crippen LogP contribution in [-0.4, -0.2) is 94.9 Å². The predicted octanol–water partition coefficient (Wildman–Crippen LogP) is -4.02. The number of anilines is 1. The number of H-pyrrole nitrogens is 1. The van der Waals surface area contributed by atoms with E-state index in [0.717, 1.165) is 0 Å². The standard InChI is InChI=1S/C15H21N5O8/c16-12-8-13(19-14(26)18-12)20(4-17-8)15(1-5(23)6(2-21)28-15)11-10(25)9(24)7(3-22)27-11/h4-7,9-11,21-25H,1-3H2,(H3,16,18,19,26)/t5?,6?,7-,9-,10-,11-,15?/m1/s1. The molecule has 28 heavy (non-hydrogen) atoms. The fraction of sp³-hybridized carbons (Fsp3) is 0.667. The number of rotatable bonds is 4. The second kappa shape index (κ2) is 6.73. The minimum Gasteiger partial charge on any atom is -0.394 e. The van der Waals surface area contributed by atoms with Crippen molar-refractivity contribution in [2.75, 3.05) is 18.9 Å². The van der Waals surface area contributed by atoms with Crippen LogP contribution in [0.5, 0.6) is 0 Å². The molecular weight excluding hydrogens is 378 g/mol.